The zero-order valence-electron chi connectivity index (χ0n) is 13.1. The first-order valence-corrected chi connectivity index (χ1v) is 7.59. The average molecular weight is 306 g/mol. The Morgan fingerprint density at radius 1 is 1.55 bits per heavy atom. The Labute approximate surface area is 130 Å². The largest absolute Gasteiger partial charge is 0.494 e. The predicted octanol–water partition coefficient (Wildman–Crippen LogP) is 2.43. The summed E-state index contributed by atoms with van der Waals surface area (Å²) >= 11 is 0. The second-order valence-corrected chi connectivity index (χ2v) is 5.68. The molecule has 1 amide bonds. The lowest BCUT2D eigenvalue weighted by Gasteiger charge is -2.38. The van der Waals surface area contributed by atoms with Gasteiger partial charge in [0, 0.05) is 25.2 Å². The summed E-state index contributed by atoms with van der Waals surface area (Å²) in [4.78, 5) is 14.2. The van der Waals surface area contributed by atoms with Crippen LogP contribution >= 0.6 is 0 Å². The van der Waals surface area contributed by atoms with E-state index in [0.29, 0.717) is 18.0 Å². The molecule has 0 bridgehead atoms. The fourth-order valence-electron chi connectivity index (χ4n) is 2.93. The van der Waals surface area contributed by atoms with E-state index in [0.717, 1.165) is 19.4 Å². The van der Waals surface area contributed by atoms with Crippen LogP contribution in [0.15, 0.2) is 24.3 Å². The predicted molar refractivity (Wildman–Crippen MR) is 84.9 cm³/mol. The molecule has 0 radical (unpaired) electrons. The number of carbonyl (C=O) groups excluding carboxylic acids is 1. The van der Waals surface area contributed by atoms with Crippen molar-refractivity contribution in [1.29, 1.82) is 0 Å². The molecule has 120 valence electrons. The van der Waals surface area contributed by atoms with Crippen molar-refractivity contribution in [2.24, 2.45) is 11.7 Å². The number of nitrogens with two attached hydrogens (primary N) is 1. The number of carbonyl (C=O) groups is 1. The van der Waals surface area contributed by atoms with Crippen molar-refractivity contribution in [1.82, 2.24) is 4.90 Å². The van der Waals surface area contributed by atoms with Gasteiger partial charge in [-0.2, -0.15) is 0 Å². The van der Waals surface area contributed by atoms with Crippen molar-refractivity contribution in [2.75, 3.05) is 20.2 Å². The summed E-state index contributed by atoms with van der Waals surface area (Å²) in [6.07, 6.45) is 5.20. The smallest absolute Gasteiger partial charge is 0.246 e. The van der Waals surface area contributed by atoms with E-state index in [2.05, 4.69) is 6.92 Å². The fraction of sp³-hybridized carbons (Fsp3) is 0.471. The highest BCUT2D eigenvalue weighted by molar-refractivity contribution is 5.92. The zero-order chi connectivity index (χ0) is 16.1. The molecule has 5 heteroatoms. The molecule has 1 saturated heterocycles. The van der Waals surface area contributed by atoms with E-state index in [1.54, 1.807) is 18.2 Å². The third-order valence-electron chi connectivity index (χ3n) is 4.23. The summed E-state index contributed by atoms with van der Waals surface area (Å²) in [6.45, 7) is 3.32. The van der Waals surface area contributed by atoms with E-state index in [1.165, 1.54) is 19.3 Å². The first kappa shape index (κ1) is 16.5. The summed E-state index contributed by atoms with van der Waals surface area (Å²) in [5, 5.41) is 0. The van der Waals surface area contributed by atoms with Gasteiger partial charge in [-0.05, 0) is 42.5 Å². The molecule has 22 heavy (non-hydrogen) atoms. The maximum atomic E-state index is 13.6. The monoisotopic (exact) mass is 306 g/mol. The van der Waals surface area contributed by atoms with Crippen LogP contribution in [0.1, 0.15) is 25.3 Å². The van der Waals surface area contributed by atoms with E-state index < -0.39 is 5.82 Å². The van der Waals surface area contributed by atoms with Gasteiger partial charge in [0.25, 0.3) is 0 Å². The second kappa shape index (κ2) is 7.40. The summed E-state index contributed by atoms with van der Waals surface area (Å²) in [7, 11) is 1.42. The number of hydrogen-bond donors (Lipinski definition) is 1. The summed E-state index contributed by atoms with van der Waals surface area (Å²) in [5.74, 6) is 0.0906. The Bertz CT molecular complexity index is 560. The van der Waals surface area contributed by atoms with Gasteiger partial charge in [0.2, 0.25) is 5.91 Å². The molecule has 0 aliphatic carbocycles. The first-order valence-electron chi connectivity index (χ1n) is 7.59. The first-order chi connectivity index (χ1) is 10.6. The molecule has 2 atom stereocenters. The second-order valence-electron chi connectivity index (χ2n) is 5.68. The Morgan fingerprint density at radius 2 is 2.32 bits per heavy atom. The lowest BCUT2D eigenvalue weighted by molar-refractivity contribution is -0.130. The molecule has 1 fully saturated rings. The molecule has 0 saturated carbocycles. The van der Waals surface area contributed by atoms with Crippen molar-refractivity contribution in [3.63, 3.8) is 0 Å². The van der Waals surface area contributed by atoms with E-state index in [-0.39, 0.29) is 17.7 Å². The Hall–Kier alpha value is -1.88. The van der Waals surface area contributed by atoms with Crippen LogP contribution in [0.25, 0.3) is 6.08 Å². The molecule has 1 aromatic rings. The molecule has 2 unspecified atom stereocenters. The van der Waals surface area contributed by atoms with Gasteiger partial charge in [0.1, 0.15) is 0 Å². The van der Waals surface area contributed by atoms with E-state index in [9.17, 15) is 9.18 Å². The number of piperidine rings is 1. The van der Waals surface area contributed by atoms with Crippen LogP contribution in [-0.2, 0) is 4.79 Å². The Balaban J connectivity index is 2.08. The van der Waals surface area contributed by atoms with Gasteiger partial charge in [-0.25, -0.2) is 4.39 Å². The standard InChI is InChI=1S/C17H23FN2O2/c1-12-4-3-9-20(15(12)11-19)17(21)8-6-13-5-7-16(22-2)14(18)10-13/h5-8,10,12,15H,3-4,9,11,19H2,1-2H3/b8-6+. The SMILES string of the molecule is COc1ccc(/C=C/C(=O)N2CCCC(C)C2CN)cc1F. The highest BCUT2D eigenvalue weighted by Gasteiger charge is 2.29. The van der Waals surface area contributed by atoms with Gasteiger partial charge in [0.15, 0.2) is 11.6 Å². The van der Waals surface area contributed by atoms with E-state index in [4.69, 9.17) is 10.5 Å². The molecule has 0 aromatic heterocycles. The minimum atomic E-state index is -0.441. The normalized spacial score (nSPS) is 22.1. The van der Waals surface area contributed by atoms with Crippen LogP contribution in [0.3, 0.4) is 0 Å². The quantitative estimate of drug-likeness (QED) is 0.869. The van der Waals surface area contributed by atoms with Crippen molar-refractivity contribution < 1.29 is 13.9 Å². The lowest BCUT2D eigenvalue weighted by Crippen LogP contribution is -2.50. The van der Waals surface area contributed by atoms with Crippen molar-refractivity contribution in [2.45, 2.75) is 25.8 Å². The molecule has 0 spiro atoms. The molecule has 2 rings (SSSR count). The number of amides is 1. The number of rotatable bonds is 4. The topological polar surface area (TPSA) is 55.6 Å². The number of benzene rings is 1. The molecular weight excluding hydrogens is 283 g/mol. The van der Waals surface area contributed by atoms with Gasteiger partial charge >= 0.3 is 0 Å². The maximum absolute atomic E-state index is 13.6. The third kappa shape index (κ3) is 3.65. The van der Waals surface area contributed by atoms with Crippen LogP contribution < -0.4 is 10.5 Å². The zero-order valence-corrected chi connectivity index (χ0v) is 13.1. The van der Waals surface area contributed by atoms with Crippen molar-refractivity contribution in [3.8, 4) is 5.75 Å². The van der Waals surface area contributed by atoms with Gasteiger partial charge < -0.3 is 15.4 Å². The Morgan fingerprint density at radius 3 is 2.95 bits per heavy atom. The number of hydrogen-bond acceptors (Lipinski definition) is 3. The van der Waals surface area contributed by atoms with Crippen LogP contribution in [-0.4, -0.2) is 37.0 Å². The Kier molecular flexibility index (Phi) is 5.55. The van der Waals surface area contributed by atoms with Gasteiger partial charge in [-0.3, -0.25) is 4.79 Å². The van der Waals surface area contributed by atoms with Gasteiger partial charge in [-0.1, -0.05) is 13.0 Å². The molecule has 2 N–H and O–H groups in total. The molecule has 4 nitrogen and oxygen atoms in total. The van der Waals surface area contributed by atoms with Gasteiger partial charge in [0.05, 0.1) is 7.11 Å². The minimum absolute atomic E-state index is 0.0711. The van der Waals surface area contributed by atoms with Crippen LogP contribution in [0.2, 0.25) is 0 Å². The minimum Gasteiger partial charge on any atom is -0.494 e. The maximum Gasteiger partial charge on any atom is 0.246 e. The summed E-state index contributed by atoms with van der Waals surface area (Å²) in [6, 6.07) is 4.69. The highest BCUT2D eigenvalue weighted by atomic mass is 19.1. The van der Waals surface area contributed by atoms with E-state index in [1.807, 2.05) is 4.90 Å². The number of nitrogens with zero attached hydrogens (tertiary/aromatic N) is 1. The third-order valence-corrected chi connectivity index (χ3v) is 4.23. The number of ether oxygens (including phenoxy) is 1. The molecular formula is C17H23FN2O2. The molecule has 1 heterocycles. The van der Waals surface area contributed by atoms with Gasteiger partial charge in [-0.15, -0.1) is 0 Å². The highest BCUT2D eigenvalue weighted by Crippen LogP contribution is 2.23. The number of halogens is 1. The fourth-order valence-corrected chi connectivity index (χ4v) is 2.93. The summed E-state index contributed by atoms with van der Waals surface area (Å²) in [5.41, 5.74) is 6.43. The van der Waals surface area contributed by atoms with Crippen molar-refractivity contribution >= 4 is 12.0 Å². The van der Waals surface area contributed by atoms with Crippen LogP contribution in [0, 0.1) is 11.7 Å². The van der Waals surface area contributed by atoms with Crippen LogP contribution in [0.5, 0.6) is 5.75 Å². The summed E-state index contributed by atoms with van der Waals surface area (Å²) < 4.78 is 18.5. The molecule has 1 aromatic carbocycles. The van der Waals surface area contributed by atoms with Crippen LogP contribution in [0.4, 0.5) is 4.39 Å². The average Bonchev–Trinajstić information content (AvgIpc) is 2.52. The van der Waals surface area contributed by atoms with E-state index >= 15 is 0 Å². The number of methoxy groups -OCH3 is 1. The molecule has 1 aliphatic rings. The number of likely N-dealkylation sites (tertiary alicyclic amines) is 1. The van der Waals surface area contributed by atoms with Crippen molar-refractivity contribution in [3.05, 3.63) is 35.7 Å². The lowest BCUT2D eigenvalue weighted by atomic mass is 9.90. The molecule has 1 aliphatic heterocycles.